The van der Waals surface area contributed by atoms with Crippen molar-refractivity contribution >= 4 is 11.6 Å². The Morgan fingerprint density at radius 3 is 2.80 bits per heavy atom. The van der Waals surface area contributed by atoms with Gasteiger partial charge in [-0.2, -0.15) is 0 Å². The molecular weight excluding hydrogens is 264 g/mol. The molecule has 1 saturated heterocycles. The van der Waals surface area contributed by atoms with Crippen LogP contribution >= 0.6 is 0 Å². The number of nitrogens with zero attached hydrogens (tertiary/aromatic N) is 2. The van der Waals surface area contributed by atoms with Crippen LogP contribution in [0.4, 0.5) is 5.69 Å². The lowest BCUT2D eigenvalue weighted by molar-refractivity contribution is -0.385. The first-order valence-corrected chi connectivity index (χ1v) is 6.35. The fourth-order valence-electron chi connectivity index (χ4n) is 2.25. The van der Waals surface area contributed by atoms with Gasteiger partial charge in [-0.1, -0.05) is 13.0 Å². The van der Waals surface area contributed by atoms with E-state index in [9.17, 15) is 25.1 Å². The summed E-state index contributed by atoms with van der Waals surface area (Å²) in [5.41, 5.74) is -0.609. The van der Waals surface area contributed by atoms with Crippen LogP contribution in [0.25, 0.3) is 0 Å². The van der Waals surface area contributed by atoms with Crippen LogP contribution < -0.4 is 0 Å². The van der Waals surface area contributed by atoms with Gasteiger partial charge in [0.05, 0.1) is 16.6 Å². The molecule has 0 radical (unpaired) electrons. The van der Waals surface area contributed by atoms with Crippen LogP contribution in [-0.2, 0) is 0 Å². The molecule has 1 aliphatic rings. The molecule has 1 aliphatic heterocycles. The number of benzene rings is 1. The minimum absolute atomic E-state index is 0.109. The Morgan fingerprint density at radius 2 is 2.20 bits per heavy atom. The van der Waals surface area contributed by atoms with Crippen molar-refractivity contribution in [3.63, 3.8) is 0 Å². The van der Waals surface area contributed by atoms with Crippen LogP contribution in [0.1, 0.15) is 23.7 Å². The van der Waals surface area contributed by atoms with Crippen molar-refractivity contribution in [2.45, 2.75) is 19.4 Å². The van der Waals surface area contributed by atoms with Crippen LogP contribution in [0.3, 0.4) is 0 Å². The van der Waals surface area contributed by atoms with Crippen molar-refractivity contribution in [1.82, 2.24) is 4.90 Å². The van der Waals surface area contributed by atoms with Gasteiger partial charge in [0.15, 0.2) is 0 Å². The van der Waals surface area contributed by atoms with E-state index in [0.29, 0.717) is 13.0 Å². The average molecular weight is 280 g/mol. The average Bonchev–Trinajstić information content (AvgIpc) is 2.41. The van der Waals surface area contributed by atoms with Gasteiger partial charge in [-0.15, -0.1) is 0 Å². The number of piperidine rings is 1. The third-order valence-electron chi connectivity index (χ3n) is 3.65. The molecule has 1 fully saturated rings. The maximum atomic E-state index is 12.3. The van der Waals surface area contributed by atoms with Gasteiger partial charge in [-0.3, -0.25) is 14.9 Å². The van der Waals surface area contributed by atoms with Crippen LogP contribution in [0.15, 0.2) is 18.2 Å². The van der Waals surface area contributed by atoms with E-state index in [4.69, 9.17) is 0 Å². The number of nitro benzene ring substituents is 1. The molecule has 0 spiro atoms. The van der Waals surface area contributed by atoms with Gasteiger partial charge in [0, 0.05) is 19.2 Å². The molecule has 0 bridgehead atoms. The highest BCUT2D eigenvalue weighted by molar-refractivity contribution is 5.98. The zero-order valence-electron chi connectivity index (χ0n) is 11.0. The normalized spacial score (nSPS) is 22.6. The number of β-amino-alcohol motifs (C(OH)–C–C–N with tert-alkyl or cyclic N) is 1. The number of aliphatic hydroxyl groups is 1. The summed E-state index contributed by atoms with van der Waals surface area (Å²) in [7, 11) is 0. The van der Waals surface area contributed by atoms with Crippen LogP contribution in [0, 0.1) is 16.0 Å². The first-order chi connectivity index (χ1) is 9.41. The highest BCUT2D eigenvalue weighted by Crippen LogP contribution is 2.31. The second-order valence-electron chi connectivity index (χ2n) is 5.01. The van der Waals surface area contributed by atoms with E-state index in [0.717, 1.165) is 6.07 Å². The fourth-order valence-corrected chi connectivity index (χ4v) is 2.25. The van der Waals surface area contributed by atoms with Gasteiger partial charge < -0.3 is 15.1 Å². The molecule has 2 N–H and O–H groups in total. The Morgan fingerprint density at radius 1 is 1.50 bits per heavy atom. The molecule has 1 heterocycles. The Balaban J connectivity index is 2.26. The Kier molecular flexibility index (Phi) is 3.89. The highest BCUT2D eigenvalue weighted by Gasteiger charge is 2.30. The van der Waals surface area contributed by atoms with Crippen LogP contribution in [0.2, 0.25) is 0 Å². The molecule has 0 aliphatic carbocycles. The van der Waals surface area contributed by atoms with E-state index in [1.165, 1.54) is 17.0 Å². The maximum Gasteiger partial charge on any atom is 0.311 e. The smallest absolute Gasteiger partial charge is 0.311 e. The molecule has 1 amide bonds. The van der Waals surface area contributed by atoms with Crippen molar-refractivity contribution < 1.29 is 19.9 Å². The Hall–Kier alpha value is -2.15. The van der Waals surface area contributed by atoms with Crippen LogP contribution in [0.5, 0.6) is 5.75 Å². The fraction of sp³-hybridized carbons (Fsp3) is 0.462. The third-order valence-corrected chi connectivity index (χ3v) is 3.65. The number of para-hydroxylation sites is 1. The summed E-state index contributed by atoms with van der Waals surface area (Å²) in [5.74, 6) is -1.02. The Labute approximate surface area is 115 Å². The number of phenolic OH excluding ortho intramolecular Hbond substituents is 1. The summed E-state index contributed by atoms with van der Waals surface area (Å²) in [4.78, 5) is 23.7. The minimum atomic E-state index is -0.737. The molecule has 1 aromatic carbocycles. The molecule has 20 heavy (non-hydrogen) atoms. The lowest BCUT2D eigenvalue weighted by atomic mass is 9.95. The number of hydrogen-bond donors (Lipinski definition) is 2. The van der Waals surface area contributed by atoms with Crippen molar-refractivity contribution in [2.24, 2.45) is 5.92 Å². The van der Waals surface area contributed by atoms with E-state index >= 15 is 0 Å². The lowest BCUT2D eigenvalue weighted by Gasteiger charge is -2.34. The summed E-state index contributed by atoms with van der Waals surface area (Å²) in [6.07, 6.45) is 0.0383. The first kappa shape index (κ1) is 14.3. The number of aromatic hydroxyl groups is 1. The quantitative estimate of drug-likeness (QED) is 0.624. The number of carbonyl (C=O) groups excluding carboxylic acids is 1. The zero-order chi connectivity index (χ0) is 14.9. The molecule has 0 saturated carbocycles. The van der Waals surface area contributed by atoms with Crippen molar-refractivity contribution in [1.29, 1.82) is 0 Å². The standard InChI is InChI=1S/C13H16N2O5/c1-8-5-6-14(7-11(8)16)13(18)9-3-2-4-10(12(9)17)15(19)20/h2-4,8,11,16-17H,5-7H2,1H3. The van der Waals surface area contributed by atoms with E-state index in [-0.39, 0.29) is 18.0 Å². The number of amides is 1. The molecule has 108 valence electrons. The number of nitro groups is 1. The van der Waals surface area contributed by atoms with Crippen molar-refractivity contribution in [2.75, 3.05) is 13.1 Å². The second-order valence-corrected chi connectivity index (χ2v) is 5.01. The topological polar surface area (TPSA) is 104 Å². The van der Waals surface area contributed by atoms with Crippen molar-refractivity contribution in [3.8, 4) is 5.75 Å². The lowest BCUT2D eigenvalue weighted by Crippen LogP contribution is -2.45. The summed E-state index contributed by atoms with van der Waals surface area (Å²) in [5, 5.41) is 30.4. The zero-order valence-corrected chi connectivity index (χ0v) is 11.0. The largest absolute Gasteiger partial charge is 0.502 e. The third kappa shape index (κ3) is 2.57. The molecular formula is C13H16N2O5. The van der Waals surface area contributed by atoms with Gasteiger partial charge in [0.1, 0.15) is 0 Å². The second kappa shape index (κ2) is 5.46. The number of phenols is 1. The number of likely N-dealkylation sites (tertiary alicyclic amines) is 1. The van der Waals surface area contributed by atoms with E-state index in [2.05, 4.69) is 0 Å². The summed E-state index contributed by atoms with van der Waals surface area (Å²) in [6, 6.07) is 3.84. The molecule has 7 heteroatoms. The first-order valence-electron chi connectivity index (χ1n) is 6.35. The van der Waals surface area contributed by atoms with E-state index in [1.807, 2.05) is 6.92 Å². The van der Waals surface area contributed by atoms with Gasteiger partial charge in [0.2, 0.25) is 5.75 Å². The molecule has 2 atom stereocenters. The number of hydrogen-bond acceptors (Lipinski definition) is 5. The predicted molar refractivity (Wildman–Crippen MR) is 70.5 cm³/mol. The summed E-state index contributed by atoms with van der Waals surface area (Å²) >= 11 is 0. The van der Waals surface area contributed by atoms with E-state index in [1.54, 1.807) is 0 Å². The number of aliphatic hydroxyl groups excluding tert-OH is 1. The van der Waals surface area contributed by atoms with Gasteiger partial charge in [-0.25, -0.2) is 0 Å². The molecule has 7 nitrogen and oxygen atoms in total. The summed E-state index contributed by atoms with van der Waals surface area (Å²) < 4.78 is 0. The molecule has 2 rings (SSSR count). The maximum absolute atomic E-state index is 12.3. The van der Waals surface area contributed by atoms with Gasteiger partial charge in [-0.05, 0) is 18.4 Å². The molecule has 0 aromatic heterocycles. The molecule has 1 aromatic rings. The van der Waals surface area contributed by atoms with Gasteiger partial charge in [0.25, 0.3) is 5.91 Å². The highest BCUT2D eigenvalue weighted by atomic mass is 16.6. The van der Waals surface area contributed by atoms with Gasteiger partial charge >= 0.3 is 5.69 Å². The SMILES string of the molecule is CC1CCN(C(=O)c2cccc([N+](=O)[O-])c2O)CC1O. The number of carbonyl (C=O) groups is 1. The van der Waals surface area contributed by atoms with E-state index < -0.39 is 28.4 Å². The predicted octanol–water partition coefficient (Wildman–Crippen LogP) is 1.14. The monoisotopic (exact) mass is 280 g/mol. The molecule has 2 unspecified atom stereocenters. The summed E-state index contributed by atoms with van der Waals surface area (Å²) in [6.45, 7) is 2.53. The van der Waals surface area contributed by atoms with Crippen molar-refractivity contribution in [3.05, 3.63) is 33.9 Å². The number of rotatable bonds is 2. The minimum Gasteiger partial charge on any atom is -0.502 e. The Bertz CT molecular complexity index is 546. The van der Waals surface area contributed by atoms with Crippen LogP contribution in [-0.4, -0.2) is 45.1 Å².